The minimum absolute atomic E-state index is 0.127. The molecule has 13 heavy (non-hydrogen) atoms. The summed E-state index contributed by atoms with van der Waals surface area (Å²) in [4.78, 5) is 11.1. The van der Waals surface area contributed by atoms with E-state index < -0.39 is 0 Å². The Kier molecular flexibility index (Phi) is 9.59. The van der Waals surface area contributed by atoms with Crippen LogP contribution in [0.15, 0.2) is 0 Å². The third-order valence-corrected chi connectivity index (χ3v) is 2.01. The molecule has 0 rings (SSSR count). The van der Waals surface area contributed by atoms with E-state index in [4.69, 9.17) is 17.3 Å². The molecule has 0 unspecified atom stereocenters. The summed E-state index contributed by atoms with van der Waals surface area (Å²) in [6.07, 6.45) is 4.33. The van der Waals surface area contributed by atoms with Crippen molar-refractivity contribution in [3.8, 4) is 0 Å². The fourth-order valence-electron chi connectivity index (χ4n) is 0.966. The second-order valence-electron chi connectivity index (χ2n) is 2.99. The van der Waals surface area contributed by atoms with E-state index in [9.17, 15) is 4.79 Å². The Hall–Kier alpha value is -0.280. The van der Waals surface area contributed by atoms with E-state index >= 15 is 0 Å². The number of carbonyl (C=O) groups is 1. The summed E-state index contributed by atoms with van der Waals surface area (Å²) < 4.78 is 0. The van der Waals surface area contributed by atoms with Crippen molar-refractivity contribution >= 4 is 17.5 Å². The number of hydrogen-bond acceptors (Lipinski definition) is 2. The van der Waals surface area contributed by atoms with Crippen molar-refractivity contribution in [1.82, 2.24) is 5.32 Å². The zero-order valence-electron chi connectivity index (χ0n) is 8.02. The highest BCUT2D eigenvalue weighted by Crippen LogP contribution is 1.96. The van der Waals surface area contributed by atoms with E-state index in [1.807, 2.05) is 0 Å². The highest BCUT2D eigenvalue weighted by atomic mass is 35.5. The van der Waals surface area contributed by atoms with Gasteiger partial charge in [0.25, 0.3) is 0 Å². The van der Waals surface area contributed by atoms with Crippen molar-refractivity contribution in [2.75, 3.05) is 19.0 Å². The van der Waals surface area contributed by atoms with Crippen LogP contribution in [0, 0.1) is 0 Å². The number of alkyl halides is 1. The van der Waals surface area contributed by atoms with Crippen LogP contribution in [0.1, 0.15) is 32.1 Å². The molecule has 0 aromatic heterocycles. The second-order valence-corrected chi connectivity index (χ2v) is 3.37. The maximum Gasteiger partial charge on any atom is 0.219 e. The minimum Gasteiger partial charge on any atom is -0.356 e. The molecule has 1 amide bonds. The van der Waals surface area contributed by atoms with Crippen molar-refractivity contribution in [1.29, 1.82) is 0 Å². The number of rotatable bonds is 8. The summed E-state index contributed by atoms with van der Waals surface area (Å²) in [5.41, 5.74) is 5.32. The fourth-order valence-corrected chi connectivity index (χ4v) is 1.15. The van der Waals surface area contributed by atoms with Gasteiger partial charge in [0.1, 0.15) is 0 Å². The van der Waals surface area contributed by atoms with Gasteiger partial charge in [0.15, 0.2) is 0 Å². The maximum absolute atomic E-state index is 11.1. The summed E-state index contributed by atoms with van der Waals surface area (Å²) >= 11 is 5.48. The number of nitrogens with one attached hydrogen (secondary N) is 1. The van der Waals surface area contributed by atoms with E-state index in [1.54, 1.807) is 0 Å². The van der Waals surface area contributed by atoms with Gasteiger partial charge in [-0.25, -0.2) is 0 Å². The van der Waals surface area contributed by atoms with E-state index in [2.05, 4.69) is 5.32 Å². The average Bonchev–Trinajstić information content (AvgIpc) is 2.13. The molecular formula is C9H19ClN2O. The Morgan fingerprint density at radius 3 is 2.62 bits per heavy atom. The normalized spacial score (nSPS) is 10.0. The predicted octanol–water partition coefficient (Wildman–Crippen LogP) is 1.25. The highest BCUT2D eigenvalue weighted by molar-refractivity contribution is 6.17. The number of unbranched alkanes of at least 4 members (excludes halogenated alkanes) is 2. The number of nitrogens with two attached hydrogens (primary N) is 1. The first-order chi connectivity index (χ1) is 6.31. The molecule has 4 heteroatoms. The summed E-state index contributed by atoms with van der Waals surface area (Å²) in [7, 11) is 0. The van der Waals surface area contributed by atoms with Crippen LogP contribution < -0.4 is 11.1 Å². The predicted molar refractivity (Wildman–Crippen MR) is 55.9 cm³/mol. The zero-order chi connectivity index (χ0) is 9.94. The monoisotopic (exact) mass is 206 g/mol. The standard InChI is InChI=1S/C9H19ClN2O/c10-6-2-1-5-9(13)12-8-4-3-7-11/h1-8,11H2,(H,12,13). The molecule has 0 spiro atoms. The van der Waals surface area contributed by atoms with Crippen LogP contribution in [0.4, 0.5) is 0 Å². The first kappa shape index (κ1) is 12.7. The quantitative estimate of drug-likeness (QED) is 0.464. The Balaban J connectivity index is 3.11. The van der Waals surface area contributed by atoms with E-state index in [0.717, 1.165) is 32.2 Å². The summed E-state index contributed by atoms with van der Waals surface area (Å²) in [6, 6.07) is 0. The third kappa shape index (κ3) is 9.64. The molecule has 0 aliphatic rings. The van der Waals surface area contributed by atoms with Crippen LogP contribution in [0.25, 0.3) is 0 Å². The summed E-state index contributed by atoms with van der Waals surface area (Å²) in [5, 5.41) is 2.84. The van der Waals surface area contributed by atoms with Gasteiger partial charge in [0.2, 0.25) is 5.91 Å². The molecule has 0 radical (unpaired) electrons. The van der Waals surface area contributed by atoms with Crippen LogP contribution in [0.3, 0.4) is 0 Å². The van der Waals surface area contributed by atoms with Gasteiger partial charge in [-0.05, 0) is 32.2 Å². The molecule has 0 heterocycles. The highest BCUT2D eigenvalue weighted by Gasteiger charge is 1.98. The van der Waals surface area contributed by atoms with Gasteiger partial charge in [-0.2, -0.15) is 0 Å². The minimum atomic E-state index is 0.127. The number of halogens is 1. The Morgan fingerprint density at radius 1 is 1.23 bits per heavy atom. The van der Waals surface area contributed by atoms with Gasteiger partial charge < -0.3 is 11.1 Å². The average molecular weight is 207 g/mol. The lowest BCUT2D eigenvalue weighted by molar-refractivity contribution is -0.121. The van der Waals surface area contributed by atoms with Crippen LogP contribution >= 0.6 is 11.6 Å². The number of carbonyl (C=O) groups excluding carboxylic acids is 1. The third-order valence-electron chi connectivity index (χ3n) is 1.74. The van der Waals surface area contributed by atoms with E-state index in [0.29, 0.717) is 18.8 Å². The molecule has 3 N–H and O–H groups in total. The number of hydrogen-bond donors (Lipinski definition) is 2. The summed E-state index contributed by atoms with van der Waals surface area (Å²) in [6.45, 7) is 1.44. The molecule has 3 nitrogen and oxygen atoms in total. The van der Waals surface area contributed by atoms with Crippen LogP contribution in [0.5, 0.6) is 0 Å². The van der Waals surface area contributed by atoms with Gasteiger partial charge in [0.05, 0.1) is 0 Å². The van der Waals surface area contributed by atoms with Gasteiger partial charge in [-0.3, -0.25) is 4.79 Å². The molecule has 0 aliphatic carbocycles. The van der Waals surface area contributed by atoms with Crippen molar-refractivity contribution in [3.63, 3.8) is 0 Å². The molecule has 0 aliphatic heterocycles. The summed E-state index contributed by atoms with van der Waals surface area (Å²) in [5.74, 6) is 0.766. The van der Waals surface area contributed by atoms with Crippen molar-refractivity contribution in [2.45, 2.75) is 32.1 Å². The fraction of sp³-hybridized carbons (Fsp3) is 0.889. The van der Waals surface area contributed by atoms with Crippen molar-refractivity contribution < 1.29 is 4.79 Å². The second kappa shape index (κ2) is 9.81. The molecule has 0 saturated heterocycles. The SMILES string of the molecule is NCCCCNC(=O)CCCCCl. The molecular weight excluding hydrogens is 188 g/mol. The lowest BCUT2D eigenvalue weighted by Gasteiger charge is -2.03. The van der Waals surface area contributed by atoms with Crippen LogP contribution in [0.2, 0.25) is 0 Å². The molecule has 0 aromatic rings. The van der Waals surface area contributed by atoms with Crippen LogP contribution in [-0.2, 0) is 4.79 Å². The van der Waals surface area contributed by atoms with Crippen LogP contribution in [-0.4, -0.2) is 24.9 Å². The van der Waals surface area contributed by atoms with Crippen molar-refractivity contribution in [3.05, 3.63) is 0 Å². The molecule has 0 atom stereocenters. The first-order valence-electron chi connectivity index (χ1n) is 4.84. The molecule has 0 bridgehead atoms. The van der Waals surface area contributed by atoms with Crippen molar-refractivity contribution in [2.24, 2.45) is 5.73 Å². The topological polar surface area (TPSA) is 55.1 Å². The Bertz CT molecular complexity index is 131. The number of amides is 1. The Morgan fingerprint density at radius 2 is 2.00 bits per heavy atom. The lowest BCUT2D eigenvalue weighted by Crippen LogP contribution is -2.24. The molecule has 0 fully saturated rings. The van der Waals surface area contributed by atoms with E-state index in [-0.39, 0.29) is 5.91 Å². The molecule has 78 valence electrons. The van der Waals surface area contributed by atoms with Gasteiger partial charge in [0, 0.05) is 18.8 Å². The van der Waals surface area contributed by atoms with Gasteiger partial charge in [-0.1, -0.05) is 0 Å². The largest absolute Gasteiger partial charge is 0.356 e. The smallest absolute Gasteiger partial charge is 0.219 e. The van der Waals surface area contributed by atoms with Gasteiger partial charge >= 0.3 is 0 Å². The molecule has 0 saturated carbocycles. The zero-order valence-corrected chi connectivity index (χ0v) is 8.78. The first-order valence-corrected chi connectivity index (χ1v) is 5.37. The van der Waals surface area contributed by atoms with E-state index in [1.165, 1.54) is 0 Å². The maximum atomic E-state index is 11.1. The lowest BCUT2D eigenvalue weighted by atomic mass is 10.2. The Labute approximate surface area is 85.0 Å². The molecule has 0 aromatic carbocycles. The van der Waals surface area contributed by atoms with Gasteiger partial charge in [-0.15, -0.1) is 11.6 Å².